The lowest BCUT2D eigenvalue weighted by molar-refractivity contribution is 0.252. The molecule has 0 radical (unpaired) electrons. The Hall–Kier alpha value is -4.34. The molecule has 0 aliphatic heterocycles. The third-order valence-corrected chi connectivity index (χ3v) is 4.14. The average molecular weight is 409 g/mol. The van der Waals surface area contributed by atoms with Crippen LogP contribution in [0.1, 0.15) is 12.5 Å². The summed E-state index contributed by atoms with van der Waals surface area (Å²) in [6.07, 6.45) is 0. The van der Waals surface area contributed by atoms with E-state index in [9.17, 15) is 19.5 Å². The van der Waals surface area contributed by atoms with E-state index in [1.54, 1.807) is 54.6 Å². The van der Waals surface area contributed by atoms with Crippen molar-refractivity contribution < 1.29 is 14.6 Å². The number of hydrogen-bond acceptors (Lipinski definition) is 6. The lowest BCUT2D eigenvalue weighted by Crippen LogP contribution is -2.33. The number of rotatable bonds is 5. The van der Waals surface area contributed by atoms with Crippen molar-refractivity contribution >= 4 is 17.4 Å². The third kappa shape index (κ3) is 4.38. The molecule has 0 aliphatic rings. The van der Waals surface area contributed by atoms with Crippen molar-refractivity contribution in [2.24, 2.45) is 5.10 Å². The summed E-state index contributed by atoms with van der Waals surface area (Å²) in [7, 11) is 1.50. The number of hydrogen-bond donors (Lipinski definition) is 4. The minimum absolute atomic E-state index is 0.000719. The molecule has 3 aromatic rings. The largest absolute Gasteiger partial charge is 0.497 e. The molecule has 2 aromatic carbocycles. The number of methoxy groups -OCH3 is 1. The molecule has 1 heterocycles. The second kappa shape index (κ2) is 8.78. The molecule has 10 heteroatoms. The fourth-order valence-corrected chi connectivity index (χ4v) is 2.69. The van der Waals surface area contributed by atoms with Gasteiger partial charge in [-0.2, -0.15) is 5.10 Å². The molecule has 1 aromatic heterocycles. The zero-order chi connectivity index (χ0) is 21.7. The number of benzene rings is 2. The lowest BCUT2D eigenvalue weighted by atomic mass is 10.2. The van der Waals surface area contributed by atoms with Crippen LogP contribution in [0.2, 0.25) is 0 Å². The summed E-state index contributed by atoms with van der Waals surface area (Å²) >= 11 is 0. The maximum Gasteiger partial charge on any atom is 0.339 e. The first-order valence-corrected chi connectivity index (χ1v) is 8.80. The summed E-state index contributed by atoms with van der Waals surface area (Å²) in [5, 5.41) is 17.0. The number of anilines is 1. The van der Waals surface area contributed by atoms with Gasteiger partial charge in [0, 0.05) is 5.69 Å². The van der Waals surface area contributed by atoms with E-state index in [1.807, 2.05) is 0 Å². The summed E-state index contributed by atoms with van der Waals surface area (Å²) in [5.74, 6) is -0.0530. The van der Waals surface area contributed by atoms with Crippen molar-refractivity contribution in [2.45, 2.75) is 6.92 Å². The Bertz CT molecular complexity index is 1200. The molecular weight excluding hydrogens is 390 g/mol. The van der Waals surface area contributed by atoms with Gasteiger partial charge in [-0.25, -0.2) is 19.6 Å². The summed E-state index contributed by atoms with van der Waals surface area (Å²) < 4.78 is 5.99. The van der Waals surface area contributed by atoms with E-state index in [2.05, 4.69) is 20.8 Å². The summed E-state index contributed by atoms with van der Waals surface area (Å²) in [6.45, 7) is 1.41. The van der Waals surface area contributed by atoms with Gasteiger partial charge in [-0.05, 0) is 43.3 Å². The highest BCUT2D eigenvalue weighted by Gasteiger charge is 2.18. The fraction of sp³-hybridized carbons (Fsp3) is 0.100. The third-order valence-electron chi connectivity index (χ3n) is 4.14. The normalized spacial score (nSPS) is 11.1. The first kappa shape index (κ1) is 20.4. The van der Waals surface area contributed by atoms with Gasteiger partial charge in [0.05, 0.1) is 18.5 Å². The summed E-state index contributed by atoms with van der Waals surface area (Å²) in [6, 6.07) is 14.3. The number of ether oxygens (including phenoxy) is 1. The molecule has 0 fully saturated rings. The molecule has 0 spiro atoms. The Morgan fingerprint density at radius 3 is 2.40 bits per heavy atom. The Balaban J connectivity index is 1.90. The quantitative estimate of drug-likeness (QED) is 0.376. The number of aromatic nitrogens is 2. The van der Waals surface area contributed by atoms with Crippen LogP contribution in [-0.2, 0) is 0 Å². The number of para-hydroxylation sites is 1. The number of carbonyl (C=O) groups excluding carboxylic acids is 1. The lowest BCUT2D eigenvalue weighted by Gasteiger charge is -2.12. The van der Waals surface area contributed by atoms with Crippen molar-refractivity contribution in [1.29, 1.82) is 0 Å². The van der Waals surface area contributed by atoms with Gasteiger partial charge in [0.15, 0.2) is 0 Å². The zero-order valence-corrected chi connectivity index (χ0v) is 16.2. The van der Waals surface area contributed by atoms with Crippen LogP contribution in [-0.4, -0.2) is 33.5 Å². The average Bonchev–Trinajstić information content (AvgIpc) is 2.73. The number of carbonyl (C=O) groups is 1. The standard InChI is InChI=1S/C20H19N5O5/c1-12(23-24-19(28)21-13-6-4-3-5-7-13)16-17(26)22-20(29)25(18(16)27)14-8-10-15(30-2)11-9-14/h3-11,27H,1-2H3,(H2,21,24,28)(H,22,26,29). The van der Waals surface area contributed by atoms with Crippen LogP contribution < -0.4 is 26.7 Å². The number of nitrogens with one attached hydrogen (secondary N) is 3. The predicted molar refractivity (Wildman–Crippen MR) is 112 cm³/mol. The van der Waals surface area contributed by atoms with E-state index in [1.165, 1.54) is 14.0 Å². The van der Waals surface area contributed by atoms with Gasteiger partial charge in [-0.3, -0.25) is 9.78 Å². The number of H-pyrrole nitrogens is 1. The highest BCUT2D eigenvalue weighted by Crippen LogP contribution is 2.19. The smallest absolute Gasteiger partial charge is 0.339 e. The second-order valence-corrected chi connectivity index (χ2v) is 6.12. The number of amides is 2. The van der Waals surface area contributed by atoms with Crippen LogP contribution in [0.3, 0.4) is 0 Å². The molecule has 30 heavy (non-hydrogen) atoms. The van der Waals surface area contributed by atoms with Gasteiger partial charge < -0.3 is 15.2 Å². The van der Waals surface area contributed by atoms with Crippen LogP contribution in [0.15, 0.2) is 69.3 Å². The van der Waals surface area contributed by atoms with Crippen molar-refractivity contribution in [3.8, 4) is 17.3 Å². The molecule has 2 amide bonds. The van der Waals surface area contributed by atoms with Gasteiger partial charge in [0.25, 0.3) is 5.56 Å². The van der Waals surface area contributed by atoms with Gasteiger partial charge >= 0.3 is 11.7 Å². The SMILES string of the molecule is COc1ccc(-n2c(O)c(C(C)=NNC(=O)Nc3ccccc3)c(=O)[nH]c2=O)cc1. The van der Waals surface area contributed by atoms with E-state index >= 15 is 0 Å². The van der Waals surface area contributed by atoms with Crippen molar-refractivity contribution in [2.75, 3.05) is 12.4 Å². The number of urea groups is 1. The number of hydrazone groups is 1. The van der Waals surface area contributed by atoms with E-state index in [0.717, 1.165) is 4.57 Å². The fourth-order valence-electron chi connectivity index (χ4n) is 2.69. The monoisotopic (exact) mass is 409 g/mol. The number of nitrogens with zero attached hydrogens (tertiary/aromatic N) is 2. The second-order valence-electron chi connectivity index (χ2n) is 6.12. The molecular formula is C20H19N5O5. The number of aromatic hydroxyl groups is 1. The molecule has 10 nitrogen and oxygen atoms in total. The molecule has 0 bridgehead atoms. The van der Waals surface area contributed by atoms with Crippen molar-refractivity contribution in [3.63, 3.8) is 0 Å². The zero-order valence-electron chi connectivity index (χ0n) is 16.2. The van der Waals surface area contributed by atoms with Crippen LogP contribution in [0, 0.1) is 0 Å². The highest BCUT2D eigenvalue weighted by atomic mass is 16.5. The van der Waals surface area contributed by atoms with Gasteiger partial charge in [-0.15, -0.1) is 0 Å². The Morgan fingerprint density at radius 2 is 1.77 bits per heavy atom. The Kier molecular flexibility index (Phi) is 5.97. The first-order chi connectivity index (χ1) is 14.4. The molecule has 4 N–H and O–H groups in total. The molecule has 0 unspecified atom stereocenters. The van der Waals surface area contributed by atoms with Gasteiger partial charge in [-0.1, -0.05) is 18.2 Å². The summed E-state index contributed by atoms with van der Waals surface area (Å²) in [5.41, 5.74) is 1.18. The van der Waals surface area contributed by atoms with Crippen LogP contribution in [0.5, 0.6) is 11.6 Å². The first-order valence-electron chi connectivity index (χ1n) is 8.80. The maximum atomic E-state index is 12.3. The predicted octanol–water partition coefficient (Wildman–Crippen LogP) is 1.79. The molecule has 0 saturated heterocycles. The van der Waals surface area contributed by atoms with Crippen LogP contribution in [0.25, 0.3) is 5.69 Å². The van der Waals surface area contributed by atoms with Gasteiger partial charge in [0.1, 0.15) is 11.3 Å². The van der Waals surface area contributed by atoms with Crippen molar-refractivity contribution in [1.82, 2.24) is 15.0 Å². The molecule has 0 atom stereocenters. The minimum atomic E-state index is -0.839. The van der Waals surface area contributed by atoms with Crippen LogP contribution in [0.4, 0.5) is 10.5 Å². The van der Waals surface area contributed by atoms with Crippen molar-refractivity contribution in [3.05, 3.63) is 81.0 Å². The van der Waals surface area contributed by atoms with Crippen LogP contribution >= 0.6 is 0 Å². The Labute approximate surface area is 170 Å². The van der Waals surface area contributed by atoms with E-state index < -0.39 is 23.2 Å². The molecule has 154 valence electrons. The number of aromatic amines is 1. The maximum absolute atomic E-state index is 12.3. The van der Waals surface area contributed by atoms with E-state index in [0.29, 0.717) is 17.1 Å². The van der Waals surface area contributed by atoms with Gasteiger partial charge in [0.2, 0.25) is 5.88 Å². The minimum Gasteiger partial charge on any atom is -0.497 e. The summed E-state index contributed by atoms with van der Waals surface area (Å²) in [4.78, 5) is 38.6. The van der Waals surface area contributed by atoms with E-state index in [4.69, 9.17) is 4.74 Å². The topological polar surface area (TPSA) is 138 Å². The molecule has 3 rings (SSSR count). The highest BCUT2D eigenvalue weighted by molar-refractivity contribution is 6.01. The molecule has 0 aliphatic carbocycles. The van der Waals surface area contributed by atoms with E-state index in [-0.39, 0.29) is 11.3 Å². The Morgan fingerprint density at radius 1 is 1.10 bits per heavy atom. The molecule has 0 saturated carbocycles.